The zero-order valence-electron chi connectivity index (χ0n) is 15.2. The molecule has 0 aliphatic rings. The fourth-order valence-corrected chi connectivity index (χ4v) is 8.73. The average molecular weight is 335 g/mol. The highest BCUT2D eigenvalue weighted by Gasteiger charge is 2.45. The van der Waals surface area contributed by atoms with Crippen LogP contribution in [-0.4, -0.2) is 21.1 Å². The van der Waals surface area contributed by atoms with Gasteiger partial charge in [0.25, 0.3) is 0 Å². The first-order valence-corrected chi connectivity index (χ1v) is 10.5. The highest BCUT2D eigenvalue weighted by Crippen LogP contribution is 2.42. The third-order valence-electron chi connectivity index (χ3n) is 4.43. The van der Waals surface area contributed by atoms with Crippen molar-refractivity contribution in [1.82, 2.24) is 0 Å². The van der Waals surface area contributed by atoms with Gasteiger partial charge in [0.2, 0.25) is 8.32 Å². The first kappa shape index (κ1) is 19.7. The maximum Gasteiger partial charge on any atom is 0.332 e. The van der Waals surface area contributed by atoms with E-state index in [1.807, 2.05) is 30.3 Å². The third kappa shape index (κ3) is 5.32. The summed E-state index contributed by atoms with van der Waals surface area (Å²) in [6, 6.07) is 9.68. The van der Waals surface area contributed by atoms with Crippen LogP contribution in [0.3, 0.4) is 0 Å². The van der Waals surface area contributed by atoms with Crippen LogP contribution in [0.25, 0.3) is 6.08 Å². The van der Waals surface area contributed by atoms with E-state index in [1.165, 1.54) is 6.08 Å². The van der Waals surface area contributed by atoms with Crippen LogP contribution in [0.4, 0.5) is 0 Å². The first-order valence-electron chi connectivity index (χ1n) is 8.34. The molecule has 0 heterocycles. The Kier molecular flexibility index (Phi) is 7.72. The van der Waals surface area contributed by atoms with Gasteiger partial charge in [-0.15, -0.1) is 0 Å². The summed E-state index contributed by atoms with van der Waals surface area (Å²) in [5.74, 6) is -0.368. The van der Waals surface area contributed by atoms with Crippen LogP contribution < -0.4 is 0 Å². The van der Waals surface area contributed by atoms with Crippen LogP contribution in [0.15, 0.2) is 36.4 Å². The van der Waals surface area contributed by atoms with Gasteiger partial charge < -0.3 is 9.16 Å². The number of esters is 1. The molecular weight excluding hydrogens is 304 g/mol. The topological polar surface area (TPSA) is 35.5 Å². The van der Waals surface area contributed by atoms with E-state index in [-0.39, 0.29) is 12.8 Å². The minimum atomic E-state index is -1.98. The zero-order valence-corrected chi connectivity index (χ0v) is 16.2. The fourth-order valence-electron chi connectivity index (χ4n) is 3.47. The van der Waals surface area contributed by atoms with Gasteiger partial charge in [0.15, 0.2) is 6.79 Å². The molecule has 1 aromatic rings. The van der Waals surface area contributed by atoms with Crippen LogP contribution in [0.5, 0.6) is 0 Å². The predicted molar refractivity (Wildman–Crippen MR) is 98.6 cm³/mol. The number of carbonyl (C=O) groups excluding carboxylic acids is 1. The second-order valence-corrected chi connectivity index (χ2v) is 12.2. The quantitative estimate of drug-likeness (QED) is 0.277. The Bertz CT molecular complexity index is 485. The Morgan fingerprint density at radius 2 is 1.52 bits per heavy atom. The molecule has 3 nitrogen and oxygen atoms in total. The van der Waals surface area contributed by atoms with Gasteiger partial charge in [-0.25, -0.2) is 4.79 Å². The first-order chi connectivity index (χ1) is 10.8. The highest BCUT2D eigenvalue weighted by molar-refractivity contribution is 6.77. The number of hydrogen-bond donors (Lipinski definition) is 0. The molecule has 0 aliphatic carbocycles. The zero-order chi connectivity index (χ0) is 17.5. The molecule has 0 aliphatic heterocycles. The molecule has 1 rings (SSSR count). The number of benzene rings is 1. The number of rotatable bonds is 8. The van der Waals surface area contributed by atoms with Gasteiger partial charge >= 0.3 is 5.97 Å². The molecule has 4 heteroatoms. The van der Waals surface area contributed by atoms with Gasteiger partial charge in [-0.1, -0.05) is 71.9 Å². The van der Waals surface area contributed by atoms with Crippen molar-refractivity contribution in [2.75, 3.05) is 6.79 Å². The van der Waals surface area contributed by atoms with Gasteiger partial charge in [0, 0.05) is 6.08 Å². The summed E-state index contributed by atoms with van der Waals surface area (Å²) in [5, 5.41) is 0. The molecule has 0 fully saturated rings. The molecule has 0 amide bonds. The minimum Gasteiger partial charge on any atom is -0.436 e. The van der Waals surface area contributed by atoms with Crippen molar-refractivity contribution in [1.29, 1.82) is 0 Å². The fraction of sp³-hybridized carbons (Fsp3) is 0.526. The Labute approximate surface area is 141 Å². The molecule has 23 heavy (non-hydrogen) atoms. The van der Waals surface area contributed by atoms with Gasteiger partial charge in [-0.3, -0.25) is 0 Å². The van der Waals surface area contributed by atoms with Gasteiger partial charge in [0.05, 0.1) is 0 Å². The molecule has 0 atom stereocenters. The summed E-state index contributed by atoms with van der Waals surface area (Å²) < 4.78 is 11.5. The lowest BCUT2D eigenvalue weighted by Gasteiger charge is -2.41. The van der Waals surface area contributed by atoms with Crippen molar-refractivity contribution in [3.05, 3.63) is 42.0 Å². The lowest BCUT2D eigenvalue weighted by molar-refractivity contribution is -0.144. The smallest absolute Gasteiger partial charge is 0.332 e. The largest absolute Gasteiger partial charge is 0.436 e. The Morgan fingerprint density at radius 3 is 2.00 bits per heavy atom. The standard InChI is InChI=1S/C19H30O3Si/c1-15(2)23(16(3)4,17(5)6)22-14-21-19(20)13-12-18-10-8-7-9-11-18/h7-13,15-17H,14H2,1-6H3/b13-12+. The second kappa shape index (κ2) is 9.04. The SMILES string of the molecule is CC(C)[Si](OCOC(=O)/C=C/c1ccccc1)(C(C)C)C(C)C. The van der Waals surface area contributed by atoms with E-state index in [0.29, 0.717) is 16.6 Å². The normalized spacial score (nSPS) is 12.6. The van der Waals surface area contributed by atoms with E-state index >= 15 is 0 Å². The summed E-state index contributed by atoms with van der Waals surface area (Å²) >= 11 is 0. The Balaban J connectivity index is 2.59. The summed E-state index contributed by atoms with van der Waals surface area (Å²) in [5.41, 5.74) is 2.39. The molecule has 0 radical (unpaired) electrons. The summed E-state index contributed by atoms with van der Waals surface area (Å²) in [7, 11) is -1.98. The van der Waals surface area contributed by atoms with Crippen LogP contribution in [0.2, 0.25) is 16.6 Å². The monoisotopic (exact) mass is 334 g/mol. The van der Waals surface area contributed by atoms with E-state index in [4.69, 9.17) is 9.16 Å². The van der Waals surface area contributed by atoms with Crippen LogP contribution in [-0.2, 0) is 14.0 Å². The second-order valence-electron chi connectivity index (χ2n) is 6.79. The lowest BCUT2D eigenvalue weighted by Crippen LogP contribution is -2.48. The molecule has 0 aromatic heterocycles. The van der Waals surface area contributed by atoms with Crippen LogP contribution in [0, 0.1) is 0 Å². The minimum absolute atomic E-state index is 0.0404. The van der Waals surface area contributed by atoms with E-state index in [9.17, 15) is 4.79 Å². The van der Waals surface area contributed by atoms with Crippen LogP contribution >= 0.6 is 0 Å². The maximum atomic E-state index is 11.8. The van der Waals surface area contributed by atoms with Gasteiger partial charge in [-0.2, -0.15) is 0 Å². The van der Waals surface area contributed by atoms with Gasteiger partial charge in [-0.05, 0) is 28.3 Å². The Morgan fingerprint density at radius 1 is 1.00 bits per heavy atom. The van der Waals surface area contributed by atoms with Gasteiger partial charge in [0.1, 0.15) is 0 Å². The van der Waals surface area contributed by atoms with Crippen molar-refractivity contribution in [2.45, 2.75) is 58.2 Å². The van der Waals surface area contributed by atoms with Crippen molar-refractivity contribution in [2.24, 2.45) is 0 Å². The van der Waals surface area contributed by atoms with Crippen molar-refractivity contribution in [3.8, 4) is 0 Å². The van der Waals surface area contributed by atoms with E-state index in [1.54, 1.807) is 6.08 Å². The van der Waals surface area contributed by atoms with Crippen molar-refractivity contribution in [3.63, 3.8) is 0 Å². The molecule has 0 saturated heterocycles. The molecule has 0 N–H and O–H groups in total. The maximum absolute atomic E-state index is 11.8. The third-order valence-corrected chi connectivity index (χ3v) is 10.5. The summed E-state index contributed by atoms with van der Waals surface area (Å²) in [6.45, 7) is 13.3. The van der Waals surface area contributed by atoms with E-state index in [2.05, 4.69) is 41.5 Å². The summed E-state index contributed by atoms with van der Waals surface area (Å²) in [6.07, 6.45) is 3.20. The molecule has 1 aromatic carbocycles. The number of ether oxygens (including phenoxy) is 1. The van der Waals surface area contributed by atoms with E-state index in [0.717, 1.165) is 5.56 Å². The van der Waals surface area contributed by atoms with Crippen LogP contribution in [0.1, 0.15) is 47.1 Å². The number of hydrogen-bond acceptors (Lipinski definition) is 3. The van der Waals surface area contributed by atoms with Crippen molar-refractivity contribution >= 4 is 20.4 Å². The lowest BCUT2D eigenvalue weighted by atomic mass is 10.2. The molecule has 0 saturated carbocycles. The highest BCUT2D eigenvalue weighted by atomic mass is 28.4. The molecule has 0 spiro atoms. The molecule has 0 bridgehead atoms. The Hall–Kier alpha value is -1.39. The molecule has 0 unspecified atom stereocenters. The predicted octanol–water partition coefficient (Wildman–Crippen LogP) is 5.39. The average Bonchev–Trinajstić information content (AvgIpc) is 2.49. The van der Waals surface area contributed by atoms with Crippen molar-refractivity contribution < 1.29 is 14.0 Å². The van der Waals surface area contributed by atoms with E-state index < -0.39 is 8.32 Å². The number of carbonyl (C=O) groups is 1. The molecule has 128 valence electrons. The molecular formula is C19H30O3Si. The summed E-state index contributed by atoms with van der Waals surface area (Å²) in [4.78, 5) is 11.8.